The lowest BCUT2D eigenvalue weighted by molar-refractivity contribution is -0.116. The molecule has 0 saturated carbocycles. The maximum atomic E-state index is 12.2. The van der Waals surface area contributed by atoms with E-state index in [0.29, 0.717) is 13.1 Å². The van der Waals surface area contributed by atoms with Gasteiger partial charge in [0.2, 0.25) is 5.91 Å². The molecule has 30 heavy (non-hydrogen) atoms. The molecule has 1 aliphatic heterocycles. The van der Waals surface area contributed by atoms with Crippen LogP contribution in [0.25, 0.3) is 0 Å². The average Bonchev–Trinajstić information content (AvgIpc) is 3.27. The van der Waals surface area contributed by atoms with E-state index < -0.39 is 0 Å². The summed E-state index contributed by atoms with van der Waals surface area (Å²) in [5, 5.41) is 5.69. The van der Waals surface area contributed by atoms with Crippen molar-refractivity contribution in [1.82, 2.24) is 15.1 Å². The molecule has 1 heterocycles. The largest absolute Gasteiger partial charge is 0.337 e. The Balaban J connectivity index is 1.33. The van der Waals surface area contributed by atoms with Gasteiger partial charge in [0.05, 0.1) is 0 Å². The van der Waals surface area contributed by atoms with E-state index in [4.69, 9.17) is 0 Å². The number of carbonyl (C=O) groups excluding carboxylic acids is 2. The van der Waals surface area contributed by atoms with E-state index in [0.717, 1.165) is 24.2 Å². The molecule has 0 bridgehead atoms. The fourth-order valence-corrected chi connectivity index (χ4v) is 3.62. The van der Waals surface area contributed by atoms with Gasteiger partial charge in [-0.1, -0.05) is 42.5 Å². The molecule has 1 aliphatic rings. The van der Waals surface area contributed by atoms with Gasteiger partial charge in [-0.25, -0.2) is 4.79 Å². The van der Waals surface area contributed by atoms with Gasteiger partial charge < -0.3 is 20.4 Å². The van der Waals surface area contributed by atoms with Gasteiger partial charge >= 0.3 is 6.03 Å². The molecule has 0 aliphatic carbocycles. The fraction of sp³-hybridized carbons (Fsp3) is 0.417. The third-order valence-corrected chi connectivity index (χ3v) is 5.39. The van der Waals surface area contributed by atoms with Gasteiger partial charge in [0.25, 0.3) is 0 Å². The van der Waals surface area contributed by atoms with E-state index in [2.05, 4.69) is 27.7 Å². The highest BCUT2D eigenvalue weighted by Gasteiger charge is 2.11. The summed E-state index contributed by atoms with van der Waals surface area (Å²) in [6, 6.07) is 17.7. The summed E-state index contributed by atoms with van der Waals surface area (Å²) in [5.74, 6) is -0.106. The number of amides is 3. The predicted molar refractivity (Wildman–Crippen MR) is 120 cm³/mol. The van der Waals surface area contributed by atoms with Crippen molar-refractivity contribution in [3.05, 3.63) is 65.7 Å². The van der Waals surface area contributed by atoms with Crippen molar-refractivity contribution in [3.63, 3.8) is 0 Å². The standard InChI is InChI=1S/C24H32N4O2/c1-27(19-21-7-3-2-4-8-21)24(30)25-15-13-23(29)26-22-11-9-20(10-12-22)14-18-28-16-5-6-17-28/h2-4,7-12H,5-6,13-19H2,1H3,(H,25,30)(H,26,29). The minimum Gasteiger partial charge on any atom is -0.337 e. The molecule has 0 spiro atoms. The van der Waals surface area contributed by atoms with Crippen LogP contribution in [-0.2, 0) is 17.8 Å². The quantitative estimate of drug-likeness (QED) is 0.668. The molecular weight excluding hydrogens is 376 g/mol. The van der Waals surface area contributed by atoms with Crippen LogP contribution in [0.4, 0.5) is 10.5 Å². The van der Waals surface area contributed by atoms with Gasteiger partial charge in [0, 0.05) is 38.8 Å². The predicted octanol–water partition coefficient (Wildman–Crippen LogP) is 3.50. The smallest absolute Gasteiger partial charge is 0.317 e. The lowest BCUT2D eigenvalue weighted by Gasteiger charge is -2.18. The van der Waals surface area contributed by atoms with Crippen LogP contribution in [0.3, 0.4) is 0 Å². The van der Waals surface area contributed by atoms with Gasteiger partial charge in [-0.15, -0.1) is 0 Å². The molecule has 0 atom stereocenters. The van der Waals surface area contributed by atoms with Gasteiger partial charge in [0.1, 0.15) is 0 Å². The molecule has 1 saturated heterocycles. The lowest BCUT2D eigenvalue weighted by atomic mass is 10.1. The maximum Gasteiger partial charge on any atom is 0.317 e. The van der Waals surface area contributed by atoms with Crippen molar-refractivity contribution in [2.45, 2.75) is 32.2 Å². The zero-order valence-electron chi connectivity index (χ0n) is 17.8. The minimum absolute atomic E-state index is 0.106. The molecule has 2 N–H and O–H groups in total. The third kappa shape index (κ3) is 7.19. The summed E-state index contributed by atoms with van der Waals surface area (Å²) in [5.41, 5.74) is 3.14. The molecule has 0 aromatic heterocycles. The summed E-state index contributed by atoms with van der Waals surface area (Å²) in [6.07, 6.45) is 3.90. The minimum atomic E-state index is -0.186. The third-order valence-electron chi connectivity index (χ3n) is 5.39. The molecule has 6 heteroatoms. The van der Waals surface area contributed by atoms with Crippen LogP contribution in [0.5, 0.6) is 0 Å². The van der Waals surface area contributed by atoms with Crippen LogP contribution in [0.2, 0.25) is 0 Å². The van der Waals surface area contributed by atoms with Crippen molar-refractivity contribution >= 4 is 17.6 Å². The van der Waals surface area contributed by atoms with E-state index in [1.807, 2.05) is 42.5 Å². The molecule has 0 unspecified atom stereocenters. The zero-order valence-corrected chi connectivity index (χ0v) is 17.8. The summed E-state index contributed by atoms with van der Waals surface area (Å²) < 4.78 is 0. The molecule has 6 nitrogen and oxygen atoms in total. The Hall–Kier alpha value is -2.86. The van der Waals surface area contributed by atoms with Crippen LogP contribution in [0, 0.1) is 0 Å². The average molecular weight is 409 g/mol. The lowest BCUT2D eigenvalue weighted by Crippen LogP contribution is -2.38. The molecule has 3 rings (SSSR count). The highest BCUT2D eigenvalue weighted by molar-refractivity contribution is 5.91. The number of nitrogens with one attached hydrogen (secondary N) is 2. The Labute approximate surface area is 179 Å². The Bertz CT molecular complexity index is 802. The van der Waals surface area contributed by atoms with E-state index in [9.17, 15) is 9.59 Å². The number of benzene rings is 2. The number of urea groups is 1. The highest BCUT2D eigenvalue weighted by atomic mass is 16.2. The maximum absolute atomic E-state index is 12.2. The van der Waals surface area contributed by atoms with E-state index in [1.165, 1.54) is 31.5 Å². The first kappa shape index (κ1) is 21.8. The molecular formula is C24H32N4O2. The summed E-state index contributed by atoms with van der Waals surface area (Å²) in [7, 11) is 1.74. The van der Waals surface area contributed by atoms with Crippen LogP contribution in [0.15, 0.2) is 54.6 Å². The van der Waals surface area contributed by atoms with Crippen molar-refractivity contribution < 1.29 is 9.59 Å². The zero-order chi connectivity index (χ0) is 21.2. The monoisotopic (exact) mass is 408 g/mol. The van der Waals surface area contributed by atoms with Crippen molar-refractivity contribution in [2.24, 2.45) is 0 Å². The van der Waals surface area contributed by atoms with Crippen molar-refractivity contribution in [1.29, 1.82) is 0 Å². The van der Waals surface area contributed by atoms with E-state index in [1.54, 1.807) is 11.9 Å². The second-order valence-corrected chi connectivity index (χ2v) is 7.87. The molecule has 1 fully saturated rings. The van der Waals surface area contributed by atoms with E-state index in [-0.39, 0.29) is 18.4 Å². The van der Waals surface area contributed by atoms with Crippen molar-refractivity contribution in [3.8, 4) is 0 Å². The highest BCUT2D eigenvalue weighted by Crippen LogP contribution is 2.13. The first-order valence-corrected chi connectivity index (χ1v) is 10.7. The number of hydrogen-bond donors (Lipinski definition) is 2. The fourth-order valence-electron chi connectivity index (χ4n) is 3.62. The second-order valence-electron chi connectivity index (χ2n) is 7.87. The van der Waals surface area contributed by atoms with Gasteiger partial charge in [-0.2, -0.15) is 0 Å². The number of carbonyl (C=O) groups is 2. The first-order valence-electron chi connectivity index (χ1n) is 10.7. The number of likely N-dealkylation sites (tertiary alicyclic amines) is 1. The molecule has 2 aromatic rings. The second kappa shape index (κ2) is 11.4. The number of anilines is 1. The van der Waals surface area contributed by atoms with Crippen LogP contribution < -0.4 is 10.6 Å². The number of rotatable bonds is 9. The molecule has 160 valence electrons. The van der Waals surface area contributed by atoms with Gasteiger partial charge in [-0.05, 0) is 55.6 Å². The van der Waals surface area contributed by atoms with Crippen molar-refractivity contribution in [2.75, 3.05) is 38.5 Å². The topological polar surface area (TPSA) is 64.7 Å². The summed E-state index contributed by atoms with van der Waals surface area (Å²) in [6.45, 7) is 4.37. The Morgan fingerprint density at radius 1 is 0.967 bits per heavy atom. The summed E-state index contributed by atoms with van der Waals surface area (Å²) >= 11 is 0. The van der Waals surface area contributed by atoms with Gasteiger partial charge in [-0.3, -0.25) is 4.79 Å². The van der Waals surface area contributed by atoms with Crippen LogP contribution >= 0.6 is 0 Å². The Kier molecular flexibility index (Phi) is 8.27. The van der Waals surface area contributed by atoms with Crippen LogP contribution in [-0.4, -0.2) is 55.0 Å². The Morgan fingerprint density at radius 2 is 1.67 bits per heavy atom. The van der Waals surface area contributed by atoms with Crippen LogP contribution in [0.1, 0.15) is 30.4 Å². The summed E-state index contributed by atoms with van der Waals surface area (Å²) in [4.78, 5) is 28.4. The normalized spacial score (nSPS) is 13.8. The number of hydrogen-bond acceptors (Lipinski definition) is 3. The number of nitrogens with zero attached hydrogens (tertiary/aromatic N) is 2. The molecule has 0 radical (unpaired) electrons. The first-order chi connectivity index (χ1) is 14.6. The molecule has 2 aromatic carbocycles. The SMILES string of the molecule is CN(Cc1ccccc1)C(=O)NCCC(=O)Nc1ccc(CCN2CCCC2)cc1. The van der Waals surface area contributed by atoms with Gasteiger partial charge in [0.15, 0.2) is 0 Å². The Morgan fingerprint density at radius 3 is 2.37 bits per heavy atom. The molecule has 3 amide bonds. The van der Waals surface area contributed by atoms with E-state index >= 15 is 0 Å².